The van der Waals surface area contributed by atoms with Crippen LogP contribution in [-0.4, -0.2) is 0 Å². The maximum atomic E-state index is 2.32. The summed E-state index contributed by atoms with van der Waals surface area (Å²) in [5, 5.41) is 0. The molecule has 1 radical (unpaired) electrons. The van der Waals surface area contributed by atoms with E-state index in [0.29, 0.717) is 0 Å². The summed E-state index contributed by atoms with van der Waals surface area (Å²) in [5.41, 5.74) is 10.7. The highest BCUT2D eigenvalue weighted by atomic mass is 14.2. The monoisotopic (exact) mass is 309 g/mol. The quantitative estimate of drug-likeness (QED) is 0.514. The van der Waals surface area contributed by atoms with Crippen molar-refractivity contribution in [1.29, 1.82) is 0 Å². The van der Waals surface area contributed by atoms with Crippen LogP contribution in [0.2, 0.25) is 0 Å². The first-order valence-electron chi connectivity index (χ1n) is 8.61. The van der Waals surface area contributed by atoms with Gasteiger partial charge in [-0.1, -0.05) is 85.3 Å². The zero-order valence-corrected chi connectivity index (χ0v) is 14.2. The van der Waals surface area contributed by atoms with Gasteiger partial charge in [0.05, 0.1) is 0 Å². The van der Waals surface area contributed by atoms with Crippen LogP contribution in [0.3, 0.4) is 0 Å². The molecular weight excluding hydrogens is 288 g/mol. The molecule has 3 aromatic rings. The number of rotatable bonds is 3. The van der Waals surface area contributed by atoms with Gasteiger partial charge in [0.25, 0.3) is 0 Å². The molecule has 0 heterocycles. The SMILES string of the molecule is CCc1ccccc1-c1c(-c2ccccc2)ccc2c1C=C(C)[CH]2. The van der Waals surface area contributed by atoms with Crippen LogP contribution in [0.25, 0.3) is 28.3 Å². The first-order valence-corrected chi connectivity index (χ1v) is 8.61. The molecule has 24 heavy (non-hydrogen) atoms. The Bertz CT molecular complexity index is 914. The second kappa shape index (κ2) is 6.13. The van der Waals surface area contributed by atoms with Gasteiger partial charge in [0, 0.05) is 6.42 Å². The van der Waals surface area contributed by atoms with Crippen molar-refractivity contribution in [3.8, 4) is 22.3 Å². The lowest BCUT2D eigenvalue weighted by molar-refractivity contribution is 1.14. The molecule has 1 aliphatic rings. The Hall–Kier alpha value is -2.60. The van der Waals surface area contributed by atoms with E-state index in [0.717, 1.165) is 6.42 Å². The Balaban J connectivity index is 2.05. The first kappa shape index (κ1) is 15.0. The van der Waals surface area contributed by atoms with Gasteiger partial charge in [0.2, 0.25) is 0 Å². The van der Waals surface area contributed by atoms with E-state index in [-0.39, 0.29) is 0 Å². The van der Waals surface area contributed by atoms with Crippen LogP contribution in [0.15, 0.2) is 72.3 Å². The smallest absolute Gasteiger partial charge is 0.0161 e. The highest BCUT2D eigenvalue weighted by Gasteiger charge is 2.20. The largest absolute Gasteiger partial charge is 0.0642 e. The van der Waals surface area contributed by atoms with Gasteiger partial charge in [-0.15, -0.1) is 0 Å². The molecule has 0 nitrogen and oxygen atoms in total. The maximum Gasteiger partial charge on any atom is 0.0161 e. The summed E-state index contributed by atoms with van der Waals surface area (Å²) >= 11 is 0. The number of fused-ring (bicyclic) bond motifs is 1. The van der Waals surface area contributed by atoms with Crippen molar-refractivity contribution in [1.82, 2.24) is 0 Å². The zero-order valence-electron chi connectivity index (χ0n) is 14.2. The van der Waals surface area contributed by atoms with Crippen LogP contribution in [0.5, 0.6) is 0 Å². The standard InChI is InChI=1S/C24H21/c1-3-18-9-7-8-12-21(18)24-22(19-10-5-4-6-11-19)14-13-20-15-17(2)16-23(20)24/h4-16H,3H2,1-2H3. The maximum absolute atomic E-state index is 2.32. The van der Waals surface area contributed by atoms with Crippen LogP contribution >= 0.6 is 0 Å². The molecule has 0 fully saturated rings. The molecule has 0 heteroatoms. The number of aryl methyl sites for hydroxylation is 1. The third-order valence-electron chi connectivity index (χ3n) is 4.79. The van der Waals surface area contributed by atoms with Crippen LogP contribution in [0.4, 0.5) is 0 Å². The van der Waals surface area contributed by atoms with Crippen molar-refractivity contribution < 1.29 is 0 Å². The van der Waals surface area contributed by atoms with Crippen molar-refractivity contribution in [3.63, 3.8) is 0 Å². The van der Waals surface area contributed by atoms with E-state index in [4.69, 9.17) is 0 Å². The third kappa shape index (κ3) is 2.49. The fourth-order valence-electron chi connectivity index (χ4n) is 3.65. The van der Waals surface area contributed by atoms with E-state index < -0.39 is 0 Å². The van der Waals surface area contributed by atoms with Crippen LogP contribution in [0, 0.1) is 6.42 Å². The predicted octanol–water partition coefficient (Wildman–Crippen LogP) is 6.55. The summed E-state index contributed by atoms with van der Waals surface area (Å²) in [4.78, 5) is 0. The van der Waals surface area contributed by atoms with Crippen LogP contribution in [0.1, 0.15) is 30.5 Å². The van der Waals surface area contributed by atoms with Crippen LogP contribution < -0.4 is 0 Å². The van der Waals surface area contributed by atoms with Gasteiger partial charge < -0.3 is 0 Å². The molecule has 0 atom stereocenters. The Morgan fingerprint density at radius 1 is 0.750 bits per heavy atom. The Kier molecular flexibility index (Phi) is 3.82. The molecule has 0 bridgehead atoms. The molecule has 0 aromatic heterocycles. The normalized spacial score (nSPS) is 12.8. The molecule has 4 rings (SSSR count). The number of allylic oxidation sites excluding steroid dienone is 1. The molecule has 0 amide bonds. The summed E-state index contributed by atoms with van der Waals surface area (Å²) in [6, 6.07) is 24.1. The summed E-state index contributed by atoms with van der Waals surface area (Å²) in [7, 11) is 0. The lowest BCUT2D eigenvalue weighted by atomic mass is 9.86. The number of benzene rings is 3. The first-order chi connectivity index (χ1) is 11.8. The second-order valence-electron chi connectivity index (χ2n) is 6.40. The highest BCUT2D eigenvalue weighted by Crippen LogP contribution is 2.42. The Morgan fingerprint density at radius 3 is 2.29 bits per heavy atom. The van der Waals surface area contributed by atoms with Gasteiger partial charge in [-0.25, -0.2) is 0 Å². The van der Waals surface area contributed by atoms with Crippen molar-refractivity contribution in [3.05, 3.63) is 95.4 Å². The molecule has 0 spiro atoms. The average Bonchev–Trinajstić information content (AvgIpc) is 3.02. The lowest BCUT2D eigenvalue weighted by Gasteiger charge is -2.17. The van der Waals surface area contributed by atoms with E-state index in [2.05, 4.69) is 93.1 Å². The minimum Gasteiger partial charge on any atom is -0.0642 e. The Morgan fingerprint density at radius 2 is 1.50 bits per heavy atom. The predicted molar refractivity (Wildman–Crippen MR) is 104 cm³/mol. The van der Waals surface area contributed by atoms with E-state index >= 15 is 0 Å². The van der Waals surface area contributed by atoms with Crippen LogP contribution in [-0.2, 0) is 6.42 Å². The summed E-state index contributed by atoms with van der Waals surface area (Å²) < 4.78 is 0. The molecular formula is C24H21. The van der Waals surface area contributed by atoms with Gasteiger partial charge in [0.1, 0.15) is 0 Å². The number of hydrogen-bond acceptors (Lipinski definition) is 0. The fourth-order valence-corrected chi connectivity index (χ4v) is 3.65. The van der Waals surface area contributed by atoms with Crippen molar-refractivity contribution in [2.45, 2.75) is 20.3 Å². The molecule has 0 saturated heterocycles. The minimum atomic E-state index is 1.04. The van der Waals surface area contributed by atoms with Gasteiger partial charge in [-0.2, -0.15) is 0 Å². The second-order valence-corrected chi connectivity index (χ2v) is 6.40. The molecule has 117 valence electrons. The van der Waals surface area contributed by atoms with Gasteiger partial charge in [0.15, 0.2) is 0 Å². The van der Waals surface area contributed by atoms with Gasteiger partial charge in [-0.05, 0) is 52.3 Å². The molecule has 1 aliphatic carbocycles. The Labute approximate surface area is 144 Å². The van der Waals surface area contributed by atoms with E-state index in [1.165, 1.54) is 44.5 Å². The molecule has 3 aromatic carbocycles. The van der Waals surface area contributed by atoms with E-state index in [1.807, 2.05) is 0 Å². The highest BCUT2D eigenvalue weighted by molar-refractivity contribution is 5.94. The molecule has 0 aliphatic heterocycles. The lowest BCUT2D eigenvalue weighted by Crippen LogP contribution is -1.95. The molecule has 0 saturated carbocycles. The average molecular weight is 309 g/mol. The summed E-state index contributed by atoms with van der Waals surface area (Å²) in [6.07, 6.45) is 5.65. The van der Waals surface area contributed by atoms with Crippen molar-refractivity contribution >= 4 is 6.08 Å². The summed E-state index contributed by atoms with van der Waals surface area (Å²) in [5.74, 6) is 0. The summed E-state index contributed by atoms with van der Waals surface area (Å²) in [6.45, 7) is 4.41. The minimum absolute atomic E-state index is 1.04. The number of hydrogen-bond donors (Lipinski definition) is 0. The van der Waals surface area contributed by atoms with E-state index in [9.17, 15) is 0 Å². The zero-order chi connectivity index (χ0) is 16.5. The van der Waals surface area contributed by atoms with Gasteiger partial charge in [-0.3, -0.25) is 0 Å². The van der Waals surface area contributed by atoms with Gasteiger partial charge >= 0.3 is 0 Å². The van der Waals surface area contributed by atoms with Crippen molar-refractivity contribution in [2.75, 3.05) is 0 Å². The third-order valence-corrected chi connectivity index (χ3v) is 4.79. The van der Waals surface area contributed by atoms with Crippen molar-refractivity contribution in [2.24, 2.45) is 0 Å². The molecule has 0 N–H and O–H groups in total. The topological polar surface area (TPSA) is 0 Å². The molecule has 0 unspecified atom stereocenters. The van der Waals surface area contributed by atoms with E-state index in [1.54, 1.807) is 0 Å². The fraction of sp³-hybridized carbons (Fsp3) is 0.125.